The van der Waals surface area contributed by atoms with Gasteiger partial charge in [0.15, 0.2) is 5.82 Å². The van der Waals surface area contributed by atoms with Crippen LogP contribution in [0.1, 0.15) is 25.0 Å². The third-order valence-corrected chi connectivity index (χ3v) is 12.0. The minimum absolute atomic E-state index is 0.137. The summed E-state index contributed by atoms with van der Waals surface area (Å²) in [4.78, 5) is 10.3. The van der Waals surface area contributed by atoms with Gasteiger partial charge in [-0.05, 0) is 89.0 Å². The molecule has 2 heteroatoms. The Bertz CT molecular complexity index is 3190. The maximum Gasteiger partial charge on any atom is 0.160 e. The highest BCUT2D eigenvalue weighted by molar-refractivity contribution is 6.05. The molecule has 268 valence electrons. The third kappa shape index (κ3) is 5.40. The molecule has 57 heavy (non-hydrogen) atoms. The summed E-state index contributed by atoms with van der Waals surface area (Å²) in [5, 5.41) is 7.40. The van der Waals surface area contributed by atoms with Gasteiger partial charge in [0.2, 0.25) is 0 Å². The van der Waals surface area contributed by atoms with Gasteiger partial charge in [-0.25, -0.2) is 9.97 Å². The Kier molecular flexibility index (Phi) is 7.55. The van der Waals surface area contributed by atoms with E-state index < -0.39 is 0 Å². The number of aromatic nitrogens is 2. The first-order valence-electron chi connectivity index (χ1n) is 19.7. The predicted molar refractivity (Wildman–Crippen MR) is 239 cm³/mol. The maximum absolute atomic E-state index is 5.22. The van der Waals surface area contributed by atoms with E-state index in [1.54, 1.807) is 0 Å². The lowest BCUT2D eigenvalue weighted by molar-refractivity contribution is 0.668. The van der Waals surface area contributed by atoms with Crippen molar-refractivity contribution in [2.45, 2.75) is 19.3 Å². The quantitative estimate of drug-likeness (QED) is 0.176. The fourth-order valence-electron chi connectivity index (χ4n) is 9.39. The van der Waals surface area contributed by atoms with Crippen LogP contribution in [0.25, 0.3) is 99.6 Å². The average Bonchev–Trinajstić information content (AvgIpc) is 3.52. The van der Waals surface area contributed by atoms with Gasteiger partial charge in [0.05, 0.1) is 11.4 Å². The molecule has 0 N–H and O–H groups in total. The Morgan fingerprint density at radius 2 is 0.860 bits per heavy atom. The molecule has 10 aromatic rings. The van der Waals surface area contributed by atoms with Gasteiger partial charge in [0.25, 0.3) is 0 Å². The van der Waals surface area contributed by atoms with E-state index >= 15 is 0 Å². The topological polar surface area (TPSA) is 25.8 Å². The van der Waals surface area contributed by atoms with E-state index in [0.29, 0.717) is 5.82 Å². The summed E-state index contributed by atoms with van der Waals surface area (Å²) in [6.07, 6.45) is 0. The highest BCUT2D eigenvalue weighted by Gasteiger charge is 2.38. The zero-order chi connectivity index (χ0) is 38.1. The average molecular weight is 727 g/mol. The zero-order valence-corrected chi connectivity index (χ0v) is 31.9. The Hall–Kier alpha value is -7.16. The highest BCUT2D eigenvalue weighted by Crippen LogP contribution is 2.54. The Morgan fingerprint density at radius 3 is 1.65 bits per heavy atom. The van der Waals surface area contributed by atoms with Crippen LogP contribution in [0.4, 0.5) is 0 Å². The monoisotopic (exact) mass is 726 g/mol. The van der Waals surface area contributed by atoms with Gasteiger partial charge >= 0.3 is 0 Å². The fourth-order valence-corrected chi connectivity index (χ4v) is 9.39. The molecule has 1 aromatic heterocycles. The summed E-state index contributed by atoms with van der Waals surface area (Å²) in [5.41, 5.74) is 15.3. The SMILES string of the molecule is CC1(C)c2c(-c3ccc(-c4ccc(-c5cc(-c6ccc7ccccc7c6)nc(-c6ccccc6)n5)c5ccccc45)cc3)cccc2-c2ccc3ccccc3c21. The number of rotatable bonds is 5. The van der Waals surface area contributed by atoms with Crippen molar-refractivity contribution in [2.24, 2.45) is 0 Å². The minimum atomic E-state index is -0.137. The molecule has 0 fully saturated rings. The molecule has 1 aliphatic rings. The number of hydrogen-bond acceptors (Lipinski definition) is 2. The van der Waals surface area contributed by atoms with Gasteiger partial charge in [-0.2, -0.15) is 0 Å². The molecular weight excluding hydrogens is 689 g/mol. The molecule has 0 unspecified atom stereocenters. The second-order valence-corrected chi connectivity index (χ2v) is 15.7. The van der Waals surface area contributed by atoms with Crippen LogP contribution < -0.4 is 0 Å². The van der Waals surface area contributed by atoms with Gasteiger partial charge in [-0.3, -0.25) is 0 Å². The predicted octanol–water partition coefficient (Wildman–Crippen LogP) is 14.6. The molecule has 0 atom stereocenters. The van der Waals surface area contributed by atoms with E-state index in [-0.39, 0.29) is 5.41 Å². The van der Waals surface area contributed by atoms with Crippen LogP contribution in [0.15, 0.2) is 194 Å². The molecule has 0 aliphatic heterocycles. The summed E-state index contributed by atoms with van der Waals surface area (Å²) in [7, 11) is 0. The lowest BCUT2D eigenvalue weighted by Gasteiger charge is -2.26. The van der Waals surface area contributed by atoms with Crippen LogP contribution in [-0.4, -0.2) is 9.97 Å². The number of fused-ring (bicyclic) bond motifs is 7. The molecule has 9 aromatic carbocycles. The van der Waals surface area contributed by atoms with Gasteiger partial charge in [-0.1, -0.05) is 196 Å². The zero-order valence-electron chi connectivity index (χ0n) is 31.9. The highest BCUT2D eigenvalue weighted by atomic mass is 14.9. The van der Waals surface area contributed by atoms with Crippen molar-refractivity contribution in [2.75, 3.05) is 0 Å². The maximum atomic E-state index is 5.22. The molecule has 1 aliphatic carbocycles. The van der Waals surface area contributed by atoms with Gasteiger partial charge in [0, 0.05) is 22.1 Å². The largest absolute Gasteiger partial charge is 0.228 e. The summed E-state index contributed by atoms with van der Waals surface area (Å²) >= 11 is 0. The first-order valence-corrected chi connectivity index (χ1v) is 19.7. The molecule has 0 saturated carbocycles. The molecule has 0 saturated heterocycles. The fraction of sp³-hybridized carbons (Fsp3) is 0.0545. The third-order valence-electron chi connectivity index (χ3n) is 12.0. The second-order valence-electron chi connectivity index (χ2n) is 15.7. The van der Waals surface area contributed by atoms with Crippen LogP contribution in [-0.2, 0) is 5.41 Å². The normalized spacial score (nSPS) is 12.9. The van der Waals surface area contributed by atoms with Crippen LogP contribution in [0, 0.1) is 0 Å². The van der Waals surface area contributed by atoms with Crippen molar-refractivity contribution < 1.29 is 0 Å². The summed E-state index contributed by atoms with van der Waals surface area (Å²) in [6.45, 7) is 4.78. The number of nitrogens with zero attached hydrogens (tertiary/aromatic N) is 2. The second kappa shape index (κ2) is 13.0. The molecule has 11 rings (SSSR count). The van der Waals surface area contributed by atoms with Gasteiger partial charge in [-0.15, -0.1) is 0 Å². The molecular formula is C55H38N2. The standard InChI is InChI=1S/C55H38N2/c1-55(2)52-44(21-12-22-48(52)49-30-29-36-14-8-9-18-43(36)53(49)55)38-26-24-37(25-27-38)42-31-32-47(46-20-11-10-19-45(42)46)51-34-50(56-54(57-51)39-15-4-3-5-16-39)41-28-23-35-13-6-7-17-40(35)33-41/h3-34H,1-2H3. The van der Waals surface area contributed by atoms with E-state index in [9.17, 15) is 0 Å². The Morgan fingerprint density at radius 1 is 0.316 bits per heavy atom. The Labute approximate surface area is 332 Å². The summed E-state index contributed by atoms with van der Waals surface area (Å²) in [5.74, 6) is 0.715. The lowest BCUT2D eigenvalue weighted by Crippen LogP contribution is -2.16. The molecule has 2 nitrogen and oxygen atoms in total. The van der Waals surface area contributed by atoms with E-state index in [1.807, 2.05) is 18.2 Å². The van der Waals surface area contributed by atoms with Gasteiger partial charge < -0.3 is 0 Å². The van der Waals surface area contributed by atoms with E-state index in [2.05, 4.69) is 190 Å². The van der Waals surface area contributed by atoms with Crippen molar-refractivity contribution in [3.8, 4) is 67.3 Å². The number of hydrogen-bond donors (Lipinski definition) is 0. The molecule has 1 heterocycles. The first kappa shape index (κ1) is 33.2. The van der Waals surface area contributed by atoms with Crippen molar-refractivity contribution in [1.29, 1.82) is 0 Å². The van der Waals surface area contributed by atoms with E-state index in [4.69, 9.17) is 9.97 Å². The minimum Gasteiger partial charge on any atom is -0.228 e. The molecule has 0 radical (unpaired) electrons. The van der Waals surface area contributed by atoms with Crippen molar-refractivity contribution in [3.05, 3.63) is 205 Å². The van der Waals surface area contributed by atoms with Gasteiger partial charge in [0.1, 0.15) is 0 Å². The molecule has 0 amide bonds. The first-order chi connectivity index (χ1) is 28.0. The van der Waals surface area contributed by atoms with Crippen LogP contribution in [0.2, 0.25) is 0 Å². The van der Waals surface area contributed by atoms with E-state index in [1.165, 1.54) is 71.4 Å². The lowest BCUT2D eigenvalue weighted by atomic mass is 9.77. The summed E-state index contributed by atoms with van der Waals surface area (Å²) in [6, 6.07) is 70.1. The summed E-state index contributed by atoms with van der Waals surface area (Å²) < 4.78 is 0. The Balaban J connectivity index is 1.01. The van der Waals surface area contributed by atoms with Crippen LogP contribution in [0.3, 0.4) is 0 Å². The van der Waals surface area contributed by atoms with Crippen molar-refractivity contribution in [1.82, 2.24) is 9.97 Å². The van der Waals surface area contributed by atoms with Crippen molar-refractivity contribution >= 4 is 32.3 Å². The smallest absolute Gasteiger partial charge is 0.160 e. The molecule has 0 bridgehead atoms. The van der Waals surface area contributed by atoms with Crippen LogP contribution in [0.5, 0.6) is 0 Å². The molecule has 0 spiro atoms. The van der Waals surface area contributed by atoms with Crippen LogP contribution >= 0.6 is 0 Å². The van der Waals surface area contributed by atoms with E-state index in [0.717, 1.165) is 33.5 Å². The van der Waals surface area contributed by atoms with Crippen molar-refractivity contribution in [3.63, 3.8) is 0 Å². The number of benzene rings is 9.